The van der Waals surface area contributed by atoms with Crippen molar-refractivity contribution in [1.82, 2.24) is 10.2 Å². The maximum Gasteiger partial charge on any atom is 0.0593 e. The predicted molar refractivity (Wildman–Crippen MR) is 91.8 cm³/mol. The lowest BCUT2D eigenvalue weighted by atomic mass is 9.90. The highest BCUT2D eigenvalue weighted by molar-refractivity contribution is 4.95. The summed E-state index contributed by atoms with van der Waals surface area (Å²) in [5.41, 5.74) is 0.287. The summed E-state index contributed by atoms with van der Waals surface area (Å²) < 4.78 is 5.84. The zero-order valence-electron chi connectivity index (χ0n) is 15.2. The Morgan fingerprint density at radius 3 is 2.48 bits per heavy atom. The van der Waals surface area contributed by atoms with Gasteiger partial charge in [0.2, 0.25) is 0 Å². The van der Waals surface area contributed by atoms with Gasteiger partial charge in [-0.05, 0) is 38.0 Å². The maximum atomic E-state index is 5.84. The molecule has 3 nitrogen and oxygen atoms in total. The van der Waals surface area contributed by atoms with E-state index in [9.17, 15) is 0 Å². The van der Waals surface area contributed by atoms with Crippen LogP contribution < -0.4 is 5.32 Å². The van der Waals surface area contributed by atoms with Crippen LogP contribution in [0.15, 0.2) is 0 Å². The molecule has 1 aliphatic heterocycles. The number of hydrogen-bond acceptors (Lipinski definition) is 3. The smallest absolute Gasteiger partial charge is 0.0593 e. The monoisotopic (exact) mass is 298 g/mol. The fraction of sp³-hybridized carbons (Fsp3) is 1.00. The van der Waals surface area contributed by atoms with Gasteiger partial charge < -0.3 is 10.1 Å². The van der Waals surface area contributed by atoms with Crippen LogP contribution >= 0.6 is 0 Å². The van der Waals surface area contributed by atoms with Gasteiger partial charge in [-0.3, -0.25) is 4.90 Å². The van der Waals surface area contributed by atoms with E-state index in [1.807, 2.05) is 0 Å². The van der Waals surface area contributed by atoms with Gasteiger partial charge in [-0.1, -0.05) is 34.6 Å². The minimum absolute atomic E-state index is 0.287. The van der Waals surface area contributed by atoms with Gasteiger partial charge in [0.25, 0.3) is 0 Å². The predicted octanol–water partition coefficient (Wildman–Crippen LogP) is 3.54. The van der Waals surface area contributed by atoms with Crippen LogP contribution in [0.5, 0.6) is 0 Å². The van der Waals surface area contributed by atoms with Gasteiger partial charge in [0, 0.05) is 37.8 Å². The Bertz CT molecular complexity index is 280. The van der Waals surface area contributed by atoms with Crippen molar-refractivity contribution in [2.24, 2.45) is 11.8 Å². The summed E-state index contributed by atoms with van der Waals surface area (Å²) in [6, 6.07) is 0.639. The third-order valence-corrected chi connectivity index (χ3v) is 4.84. The number of hydrogen-bond donors (Lipinski definition) is 1. The Hall–Kier alpha value is -0.120. The SMILES string of the molecule is CCC1(C)CNC(CC(C)C)CN1CCOCCC(C)C. The fourth-order valence-corrected chi connectivity index (χ4v) is 3.06. The van der Waals surface area contributed by atoms with Crippen molar-refractivity contribution in [2.75, 3.05) is 32.8 Å². The standard InChI is InChI=1S/C18H38N2O/c1-7-18(6)14-19-17(12-16(4)5)13-20(18)9-11-21-10-8-15(2)3/h15-17,19H,7-14H2,1-6H3. The first kappa shape index (κ1) is 18.9. The molecule has 0 radical (unpaired) electrons. The van der Waals surface area contributed by atoms with Gasteiger partial charge in [-0.2, -0.15) is 0 Å². The molecule has 1 saturated heterocycles. The Balaban J connectivity index is 2.40. The van der Waals surface area contributed by atoms with E-state index in [1.165, 1.54) is 19.3 Å². The molecule has 0 spiro atoms. The molecule has 126 valence electrons. The lowest BCUT2D eigenvalue weighted by molar-refractivity contribution is 0.0127. The average molecular weight is 299 g/mol. The van der Waals surface area contributed by atoms with Crippen LogP contribution in [0.1, 0.15) is 60.8 Å². The Morgan fingerprint density at radius 1 is 1.19 bits per heavy atom. The minimum Gasteiger partial charge on any atom is -0.380 e. The molecule has 1 fully saturated rings. The zero-order valence-corrected chi connectivity index (χ0v) is 15.2. The number of nitrogens with zero attached hydrogens (tertiary/aromatic N) is 1. The van der Waals surface area contributed by atoms with Crippen LogP contribution in [0, 0.1) is 11.8 Å². The van der Waals surface area contributed by atoms with Crippen molar-refractivity contribution in [2.45, 2.75) is 72.4 Å². The lowest BCUT2D eigenvalue weighted by Gasteiger charge is -2.48. The molecule has 0 aromatic heterocycles. The zero-order chi connectivity index (χ0) is 15.9. The van der Waals surface area contributed by atoms with Crippen molar-refractivity contribution < 1.29 is 4.74 Å². The summed E-state index contributed by atoms with van der Waals surface area (Å²) in [5, 5.41) is 3.76. The average Bonchev–Trinajstić information content (AvgIpc) is 2.41. The molecule has 3 heteroatoms. The summed E-state index contributed by atoms with van der Waals surface area (Å²) in [4.78, 5) is 2.66. The van der Waals surface area contributed by atoms with Crippen LogP contribution in [0.2, 0.25) is 0 Å². The van der Waals surface area contributed by atoms with Gasteiger partial charge in [0.05, 0.1) is 6.61 Å². The molecule has 1 N–H and O–H groups in total. The van der Waals surface area contributed by atoms with Gasteiger partial charge in [0.15, 0.2) is 0 Å². The van der Waals surface area contributed by atoms with E-state index in [2.05, 4.69) is 51.8 Å². The molecular formula is C18H38N2O. The van der Waals surface area contributed by atoms with E-state index in [-0.39, 0.29) is 5.54 Å². The van der Waals surface area contributed by atoms with E-state index in [0.29, 0.717) is 6.04 Å². The molecule has 0 aromatic rings. The minimum atomic E-state index is 0.287. The Morgan fingerprint density at radius 2 is 1.90 bits per heavy atom. The van der Waals surface area contributed by atoms with Gasteiger partial charge in [-0.15, -0.1) is 0 Å². The molecule has 0 aliphatic carbocycles. The summed E-state index contributed by atoms with van der Waals surface area (Å²) >= 11 is 0. The molecule has 0 aromatic carbocycles. The summed E-state index contributed by atoms with van der Waals surface area (Å²) in [6.45, 7) is 18.9. The second-order valence-corrected chi connectivity index (χ2v) is 7.80. The van der Waals surface area contributed by atoms with Crippen molar-refractivity contribution in [3.05, 3.63) is 0 Å². The largest absolute Gasteiger partial charge is 0.380 e. The molecule has 21 heavy (non-hydrogen) atoms. The van der Waals surface area contributed by atoms with Gasteiger partial charge in [0.1, 0.15) is 0 Å². The van der Waals surface area contributed by atoms with Crippen molar-refractivity contribution in [3.63, 3.8) is 0 Å². The first-order valence-electron chi connectivity index (χ1n) is 8.93. The number of rotatable bonds is 9. The van der Waals surface area contributed by atoms with E-state index < -0.39 is 0 Å². The van der Waals surface area contributed by atoms with Crippen LogP contribution in [-0.4, -0.2) is 49.3 Å². The normalized spacial score (nSPS) is 27.7. The Labute approximate surface area is 132 Å². The topological polar surface area (TPSA) is 24.5 Å². The third-order valence-electron chi connectivity index (χ3n) is 4.84. The van der Waals surface area contributed by atoms with E-state index in [1.54, 1.807) is 0 Å². The third kappa shape index (κ3) is 6.66. The van der Waals surface area contributed by atoms with E-state index in [4.69, 9.17) is 4.74 Å². The van der Waals surface area contributed by atoms with Crippen molar-refractivity contribution in [1.29, 1.82) is 0 Å². The molecule has 1 heterocycles. The maximum absolute atomic E-state index is 5.84. The van der Waals surface area contributed by atoms with Crippen LogP contribution in [0.25, 0.3) is 0 Å². The summed E-state index contributed by atoms with van der Waals surface area (Å²) in [6.07, 6.45) is 3.63. The number of ether oxygens (including phenoxy) is 1. The fourth-order valence-electron chi connectivity index (χ4n) is 3.06. The first-order chi connectivity index (χ1) is 9.87. The molecule has 1 rings (SSSR count). The molecule has 0 bridgehead atoms. The highest BCUT2D eigenvalue weighted by Gasteiger charge is 2.35. The quantitative estimate of drug-likeness (QED) is 0.659. The lowest BCUT2D eigenvalue weighted by Crippen LogP contribution is -2.63. The van der Waals surface area contributed by atoms with Gasteiger partial charge >= 0.3 is 0 Å². The summed E-state index contributed by atoms with van der Waals surface area (Å²) in [5.74, 6) is 1.50. The van der Waals surface area contributed by atoms with Crippen LogP contribution in [-0.2, 0) is 4.74 Å². The first-order valence-corrected chi connectivity index (χ1v) is 8.93. The summed E-state index contributed by atoms with van der Waals surface area (Å²) in [7, 11) is 0. The Kier molecular flexibility index (Phi) is 8.22. The van der Waals surface area contributed by atoms with E-state index in [0.717, 1.165) is 44.7 Å². The second-order valence-electron chi connectivity index (χ2n) is 7.80. The number of piperazine rings is 1. The van der Waals surface area contributed by atoms with Crippen LogP contribution in [0.4, 0.5) is 0 Å². The molecule has 0 saturated carbocycles. The van der Waals surface area contributed by atoms with Gasteiger partial charge in [-0.25, -0.2) is 0 Å². The second kappa shape index (κ2) is 9.12. The molecule has 1 aliphatic rings. The van der Waals surface area contributed by atoms with Crippen molar-refractivity contribution >= 4 is 0 Å². The molecule has 2 atom stereocenters. The van der Waals surface area contributed by atoms with Crippen molar-refractivity contribution in [3.8, 4) is 0 Å². The number of nitrogens with one attached hydrogen (secondary N) is 1. The highest BCUT2D eigenvalue weighted by Crippen LogP contribution is 2.24. The highest BCUT2D eigenvalue weighted by atomic mass is 16.5. The molecular weight excluding hydrogens is 260 g/mol. The van der Waals surface area contributed by atoms with Crippen LogP contribution in [0.3, 0.4) is 0 Å². The van der Waals surface area contributed by atoms with E-state index >= 15 is 0 Å². The molecule has 2 unspecified atom stereocenters. The molecule has 0 amide bonds.